The number of halogens is 1. The number of alkyl halides is 1. The van der Waals surface area contributed by atoms with Gasteiger partial charge in [0.25, 0.3) is 0 Å². The molecule has 1 N–H and O–H groups in total. The molecule has 2 aliphatic rings. The van der Waals surface area contributed by atoms with Gasteiger partial charge in [-0.1, -0.05) is 19.3 Å². The molecule has 112 valence electrons. The van der Waals surface area contributed by atoms with Gasteiger partial charge in [-0.2, -0.15) is 0 Å². The first kappa shape index (κ1) is 15.2. The molecule has 2 rings (SSSR count). The zero-order valence-corrected chi connectivity index (χ0v) is 12.8. The van der Waals surface area contributed by atoms with Gasteiger partial charge in [0.2, 0.25) is 0 Å². The third kappa shape index (κ3) is 4.42. The van der Waals surface area contributed by atoms with Crippen LogP contribution in [0.25, 0.3) is 0 Å². The lowest BCUT2D eigenvalue weighted by Gasteiger charge is -2.44. The second kappa shape index (κ2) is 6.09. The topological polar surface area (TPSA) is 21.3 Å². The molecule has 1 heterocycles. The third-order valence-electron chi connectivity index (χ3n) is 4.63. The maximum Gasteiger partial charge on any atom is 0.115 e. The highest BCUT2D eigenvalue weighted by Crippen LogP contribution is 2.41. The first-order chi connectivity index (χ1) is 8.90. The van der Waals surface area contributed by atoms with Crippen molar-refractivity contribution in [1.82, 2.24) is 5.32 Å². The van der Waals surface area contributed by atoms with Gasteiger partial charge in [0.1, 0.15) is 6.17 Å². The van der Waals surface area contributed by atoms with E-state index in [4.69, 9.17) is 4.74 Å². The fraction of sp³-hybridized carbons (Fsp3) is 1.00. The van der Waals surface area contributed by atoms with Crippen molar-refractivity contribution in [2.45, 2.75) is 83.0 Å². The van der Waals surface area contributed by atoms with Gasteiger partial charge in [0, 0.05) is 18.7 Å². The average Bonchev–Trinajstić information content (AvgIpc) is 2.36. The highest BCUT2D eigenvalue weighted by Gasteiger charge is 2.40. The molecule has 2 nitrogen and oxygen atoms in total. The summed E-state index contributed by atoms with van der Waals surface area (Å²) in [4.78, 5) is 0. The molecule has 1 aliphatic carbocycles. The van der Waals surface area contributed by atoms with Crippen molar-refractivity contribution >= 4 is 0 Å². The van der Waals surface area contributed by atoms with E-state index in [9.17, 15) is 4.39 Å². The molecule has 2 unspecified atom stereocenters. The minimum Gasteiger partial charge on any atom is -0.375 e. The number of nitrogens with one attached hydrogen (secondary N) is 1. The second-order valence-corrected chi connectivity index (χ2v) is 7.49. The molecule has 1 aliphatic heterocycles. The number of rotatable bonds is 3. The van der Waals surface area contributed by atoms with E-state index in [1.165, 1.54) is 19.3 Å². The van der Waals surface area contributed by atoms with Crippen LogP contribution in [0.15, 0.2) is 0 Å². The Hall–Kier alpha value is -0.150. The monoisotopic (exact) mass is 271 g/mol. The molecule has 1 saturated carbocycles. The zero-order chi connectivity index (χ0) is 13.9. The minimum absolute atomic E-state index is 0.00195. The molecule has 0 aromatic rings. The maximum atomic E-state index is 14.4. The van der Waals surface area contributed by atoms with Gasteiger partial charge in [-0.05, 0) is 52.4 Å². The molecule has 19 heavy (non-hydrogen) atoms. The van der Waals surface area contributed by atoms with Crippen molar-refractivity contribution in [3.8, 4) is 0 Å². The number of ether oxygens (including phenoxy) is 1. The van der Waals surface area contributed by atoms with Crippen molar-refractivity contribution in [1.29, 1.82) is 0 Å². The third-order valence-corrected chi connectivity index (χ3v) is 4.63. The van der Waals surface area contributed by atoms with Crippen LogP contribution in [0, 0.1) is 5.92 Å². The summed E-state index contributed by atoms with van der Waals surface area (Å²) in [5, 5.41) is 3.29. The largest absolute Gasteiger partial charge is 0.375 e. The highest BCUT2D eigenvalue weighted by atomic mass is 19.1. The van der Waals surface area contributed by atoms with Crippen LogP contribution in [0.4, 0.5) is 4.39 Å². The summed E-state index contributed by atoms with van der Waals surface area (Å²) >= 11 is 0. The lowest BCUT2D eigenvalue weighted by atomic mass is 9.75. The molecule has 0 amide bonds. The summed E-state index contributed by atoms with van der Waals surface area (Å²) in [5.74, 6) is 0.182. The van der Waals surface area contributed by atoms with Gasteiger partial charge in [-0.25, -0.2) is 4.39 Å². The number of hydrogen-bond donors (Lipinski definition) is 1. The Balaban J connectivity index is 1.86. The molecule has 3 heteroatoms. The fourth-order valence-electron chi connectivity index (χ4n) is 3.49. The van der Waals surface area contributed by atoms with Gasteiger partial charge in [-0.3, -0.25) is 0 Å². The minimum atomic E-state index is -0.734. The van der Waals surface area contributed by atoms with E-state index < -0.39 is 6.17 Å². The molecule has 0 radical (unpaired) electrons. The second-order valence-electron chi connectivity index (χ2n) is 7.49. The Morgan fingerprint density at radius 2 is 1.95 bits per heavy atom. The van der Waals surface area contributed by atoms with Crippen molar-refractivity contribution in [3.05, 3.63) is 0 Å². The van der Waals surface area contributed by atoms with Gasteiger partial charge in [-0.15, -0.1) is 0 Å². The summed E-state index contributed by atoms with van der Waals surface area (Å²) in [7, 11) is 0. The first-order valence-electron chi connectivity index (χ1n) is 7.93. The van der Waals surface area contributed by atoms with Crippen LogP contribution in [-0.4, -0.2) is 30.5 Å². The van der Waals surface area contributed by atoms with Crippen molar-refractivity contribution in [2.24, 2.45) is 5.92 Å². The maximum absolute atomic E-state index is 14.4. The summed E-state index contributed by atoms with van der Waals surface area (Å²) < 4.78 is 20.5. The van der Waals surface area contributed by atoms with Crippen LogP contribution >= 0.6 is 0 Å². The Morgan fingerprint density at radius 3 is 2.58 bits per heavy atom. The van der Waals surface area contributed by atoms with E-state index in [1.54, 1.807) is 0 Å². The molecule has 0 bridgehead atoms. The molecule has 0 aromatic carbocycles. The van der Waals surface area contributed by atoms with Crippen LogP contribution in [0.3, 0.4) is 0 Å². The first-order valence-corrected chi connectivity index (χ1v) is 7.93. The smallest absolute Gasteiger partial charge is 0.115 e. The molecule has 2 fully saturated rings. The fourth-order valence-corrected chi connectivity index (χ4v) is 3.49. The predicted octanol–water partition coefficient (Wildman–Crippen LogP) is 3.84. The van der Waals surface area contributed by atoms with Crippen LogP contribution in [0.1, 0.15) is 65.7 Å². The van der Waals surface area contributed by atoms with E-state index in [1.807, 2.05) is 0 Å². The van der Waals surface area contributed by atoms with Gasteiger partial charge >= 0.3 is 0 Å². The lowest BCUT2D eigenvalue weighted by Crippen LogP contribution is -2.47. The molecule has 1 saturated heterocycles. The highest BCUT2D eigenvalue weighted by molar-refractivity contribution is 4.92. The molecule has 2 atom stereocenters. The molecular formula is C16H30FNO. The summed E-state index contributed by atoms with van der Waals surface area (Å²) in [5.41, 5.74) is 0.0191. The van der Waals surface area contributed by atoms with Crippen LogP contribution in [-0.2, 0) is 4.74 Å². The Morgan fingerprint density at radius 1 is 1.26 bits per heavy atom. The molecule has 1 spiro atoms. The van der Waals surface area contributed by atoms with Crippen molar-refractivity contribution in [3.63, 3.8) is 0 Å². The van der Waals surface area contributed by atoms with E-state index in [-0.39, 0.29) is 17.1 Å². The predicted molar refractivity (Wildman–Crippen MR) is 77.1 cm³/mol. The van der Waals surface area contributed by atoms with E-state index in [2.05, 4.69) is 26.1 Å². The van der Waals surface area contributed by atoms with Crippen LogP contribution < -0.4 is 5.32 Å². The van der Waals surface area contributed by atoms with E-state index in [0.717, 1.165) is 32.3 Å². The van der Waals surface area contributed by atoms with Crippen molar-refractivity contribution < 1.29 is 9.13 Å². The van der Waals surface area contributed by atoms with Crippen molar-refractivity contribution in [2.75, 3.05) is 13.2 Å². The summed E-state index contributed by atoms with van der Waals surface area (Å²) in [6.45, 7) is 7.50. The van der Waals surface area contributed by atoms with Gasteiger partial charge in [0.05, 0.1) is 5.60 Å². The van der Waals surface area contributed by atoms with Gasteiger partial charge < -0.3 is 10.1 Å². The zero-order valence-electron chi connectivity index (χ0n) is 12.8. The normalized spacial score (nSPS) is 29.4. The lowest BCUT2D eigenvalue weighted by molar-refractivity contribution is -0.126. The van der Waals surface area contributed by atoms with E-state index in [0.29, 0.717) is 6.54 Å². The molecule has 0 aromatic heterocycles. The van der Waals surface area contributed by atoms with Crippen LogP contribution in [0.5, 0.6) is 0 Å². The number of hydrogen-bond acceptors (Lipinski definition) is 2. The quantitative estimate of drug-likeness (QED) is 0.842. The SMILES string of the molecule is CC(C)(C)NCC(F)C1CCOC2(CCCCC2)C1. The van der Waals surface area contributed by atoms with Crippen LogP contribution in [0.2, 0.25) is 0 Å². The Kier molecular flexibility index (Phi) is 4.88. The average molecular weight is 271 g/mol. The van der Waals surface area contributed by atoms with Gasteiger partial charge in [0.15, 0.2) is 0 Å². The summed E-state index contributed by atoms with van der Waals surface area (Å²) in [6, 6.07) is 0. The standard InChI is InChI=1S/C16H30FNO/c1-15(2,3)18-12-14(17)13-7-10-19-16(11-13)8-5-4-6-9-16/h13-14,18H,4-12H2,1-3H3. The molecular weight excluding hydrogens is 241 g/mol. The van der Waals surface area contributed by atoms with E-state index >= 15 is 0 Å². The Labute approximate surface area is 117 Å². The Bertz CT molecular complexity index is 275. The summed E-state index contributed by atoms with van der Waals surface area (Å²) in [6.07, 6.45) is 7.19.